The molecular formula is C14H29N3. The molecule has 0 spiro atoms. The highest BCUT2D eigenvalue weighted by Crippen LogP contribution is 2.21. The van der Waals surface area contributed by atoms with Crippen molar-refractivity contribution < 1.29 is 0 Å². The Kier molecular flexibility index (Phi) is 4.45. The highest BCUT2D eigenvalue weighted by atomic mass is 15.2. The lowest BCUT2D eigenvalue weighted by molar-refractivity contribution is 0.118. The van der Waals surface area contributed by atoms with Crippen LogP contribution in [0.5, 0.6) is 0 Å². The molecule has 2 aliphatic rings. The number of likely N-dealkylation sites (tertiary alicyclic amines) is 2. The summed E-state index contributed by atoms with van der Waals surface area (Å²) in [5.41, 5.74) is 0. The first-order valence-corrected chi connectivity index (χ1v) is 7.21. The molecule has 100 valence electrons. The molecule has 17 heavy (non-hydrogen) atoms. The lowest BCUT2D eigenvalue weighted by Crippen LogP contribution is -2.52. The lowest BCUT2D eigenvalue weighted by Gasteiger charge is -2.40. The van der Waals surface area contributed by atoms with E-state index in [4.69, 9.17) is 0 Å². The molecule has 0 bridgehead atoms. The fourth-order valence-corrected chi connectivity index (χ4v) is 3.35. The summed E-state index contributed by atoms with van der Waals surface area (Å²) in [6.45, 7) is 8.44. The fraction of sp³-hybridized carbons (Fsp3) is 1.00. The van der Waals surface area contributed by atoms with Crippen molar-refractivity contribution in [2.75, 3.05) is 33.7 Å². The average molecular weight is 239 g/mol. The SMILES string of the molecule is CC1CN(C)C(C)CC1NCC1CCCN1C. The predicted molar refractivity (Wildman–Crippen MR) is 73.3 cm³/mol. The second-order valence-corrected chi connectivity index (χ2v) is 6.29. The van der Waals surface area contributed by atoms with Gasteiger partial charge in [-0.15, -0.1) is 0 Å². The Labute approximate surface area is 107 Å². The number of likely N-dealkylation sites (N-methyl/N-ethyl adjacent to an activating group) is 1. The van der Waals surface area contributed by atoms with Crippen molar-refractivity contribution in [2.45, 2.75) is 51.2 Å². The van der Waals surface area contributed by atoms with Crippen LogP contribution in [0, 0.1) is 5.92 Å². The first-order valence-electron chi connectivity index (χ1n) is 7.21. The predicted octanol–water partition coefficient (Wildman–Crippen LogP) is 1.40. The number of hydrogen-bond acceptors (Lipinski definition) is 3. The Morgan fingerprint density at radius 3 is 2.59 bits per heavy atom. The van der Waals surface area contributed by atoms with Gasteiger partial charge in [-0.05, 0) is 52.7 Å². The van der Waals surface area contributed by atoms with E-state index in [2.05, 4.69) is 43.1 Å². The Balaban J connectivity index is 1.78. The van der Waals surface area contributed by atoms with Gasteiger partial charge in [-0.25, -0.2) is 0 Å². The normalized spacial score (nSPS) is 40.9. The van der Waals surface area contributed by atoms with Gasteiger partial charge in [0.15, 0.2) is 0 Å². The smallest absolute Gasteiger partial charge is 0.0218 e. The van der Waals surface area contributed by atoms with Crippen LogP contribution in [-0.4, -0.2) is 61.7 Å². The number of piperidine rings is 1. The van der Waals surface area contributed by atoms with Crippen molar-refractivity contribution in [3.05, 3.63) is 0 Å². The minimum atomic E-state index is 0.718. The van der Waals surface area contributed by atoms with Crippen LogP contribution in [0.2, 0.25) is 0 Å². The molecule has 0 aromatic rings. The molecule has 3 nitrogen and oxygen atoms in total. The van der Waals surface area contributed by atoms with E-state index in [0.29, 0.717) is 0 Å². The van der Waals surface area contributed by atoms with Crippen LogP contribution in [0.1, 0.15) is 33.1 Å². The zero-order chi connectivity index (χ0) is 12.4. The summed E-state index contributed by atoms with van der Waals surface area (Å²) in [6, 6.07) is 2.22. The van der Waals surface area contributed by atoms with Crippen LogP contribution in [0.4, 0.5) is 0 Å². The van der Waals surface area contributed by atoms with Crippen LogP contribution < -0.4 is 5.32 Å². The van der Waals surface area contributed by atoms with Gasteiger partial charge < -0.3 is 15.1 Å². The van der Waals surface area contributed by atoms with E-state index >= 15 is 0 Å². The monoisotopic (exact) mass is 239 g/mol. The molecule has 4 atom stereocenters. The van der Waals surface area contributed by atoms with Gasteiger partial charge in [0.2, 0.25) is 0 Å². The van der Waals surface area contributed by atoms with Crippen molar-refractivity contribution in [3.63, 3.8) is 0 Å². The summed E-state index contributed by atoms with van der Waals surface area (Å²) in [4.78, 5) is 5.00. The van der Waals surface area contributed by atoms with E-state index in [9.17, 15) is 0 Å². The molecule has 2 fully saturated rings. The molecule has 2 aliphatic heterocycles. The Morgan fingerprint density at radius 1 is 1.18 bits per heavy atom. The Morgan fingerprint density at radius 2 is 1.94 bits per heavy atom. The number of nitrogens with zero attached hydrogens (tertiary/aromatic N) is 2. The van der Waals surface area contributed by atoms with Crippen LogP contribution in [0.3, 0.4) is 0 Å². The fourth-order valence-electron chi connectivity index (χ4n) is 3.35. The molecule has 0 aliphatic carbocycles. The van der Waals surface area contributed by atoms with Gasteiger partial charge in [-0.1, -0.05) is 6.92 Å². The third-order valence-electron chi connectivity index (χ3n) is 4.90. The first-order chi connectivity index (χ1) is 8.08. The van der Waals surface area contributed by atoms with E-state index in [-0.39, 0.29) is 0 Å². The molecular weight excluding hydrogens is 210 g/mol. The minimum Gasteiger partial charge on any atom is -0.312 e. The highest BCUT2D eigenvalue weighted by Gasteiger charge is 2.29. The number of hydrogen-bond donors (Lipinski definition) is 1. The van der Waals surface area contributed by atoms with Crippen LogP contribution in [0.25, 0.3) is 0 Å². The zero-order valence-electron chi connectivity index (χ0n) is 11.9. The minimum absolute atomic E-state index is 0.718. The molecule has 0 amide bonds. The topological polar surface area (TPSA) is 18.5 Å². The van der Waals surface area contributed by atoms with Crippen molar-refractivity contribution in [1.29, 1.82) is 0 Å². The Bertz CT molecular complexity index is 244. The molecule has 2 rings (SSSR count). The zero-order valence-corrected chi connectivity index (χ0v) is 11.9. The number of rotatable bonds is 3. The van der Waals surface area contributed by atoms with E-state index in [1.54, 1.807) is 0 Å². The van der Waals surface area contributed by atoms with Crippen LogP contribution >= 0.6 is 0 Å². The van der Waals surface area contributed by atoms with Gasteiger partial charge >= 0.3 is 0 Å². The maximum Gasteiger partial charge on any atom is 0.0218 e. The lowest BCUT2D eigenvalue weighted by atomic mass is 9.89. The van der Waals surface area contributed by atoms with Gasteiger partial charge in [0.05, 0.1) is 0 Å². The molecule has 0 saturated carbocycles. The summed E-state index contributed by atoms with van der Waals surface area (Å²) >= 11 is 0. The van der Waals surface area contributed by atoms with E-state index < -0.39 is 0 Å². The molecule has 0 aromatic carbocycles. The van der Waals surface area contributed by atoms with E-state index in [1.807, 2.05) is 0 Å². The largest absolute Gasteiger partial charge is 0.312 e. The van der Waals surface area contributed by atoms with Gasteiger partial charge in [-0.2, -0.15) is 0 Å². The quantitative estimate of drug-likeness (QED) is 0.803. The summed E-state index contributed by atoms with van der Waals surface area (Å²) in [5.74, 6) is 0.780. The van der Waals surface area contributed by atoms with Gasteiger partial charge in [-0.3, -0.25) is 0 Å². The summed E-state index contributed by atoms with van der Waals surface area (Å²) < 4.78 is 0. The third-order valence-corrected chi connectivity index (χ3v) is 4.90. The first kappa shape index (κ1) is 13.3. The van der Waals surface area contributed by atoms with Crippen molar-refractivity contribution >= 4 is 0 Å². The standard InChI is InChI=1S/C14H29N3/c1-11-10-17(4)12(2)8-14(11)15-9-13-6-5-7-16(13)3/h11-15H,5-10H2,1-4H3. The van der Waals surface area contributed by atoms with Gasteiger partial charge in [0.1, 0.15) is 0 Å². The van der Waals surface area contributed by atoms with Crippen molar-refractivity contribution in [2.24, 2.45) is 5.92 Å². The van der Waals surface area contributed by atoms with Gasteiger partial charge in [0.25, 0.3) is 0 Å². The van der Waals surface area contributed by atoms with Crippen molar-refractivity contribution in [3.8, 4) is 0 Å². The molecule has 4 unspecified atom stereocenters. The molecule has 0 aromatic heterocycles. The second-order valence-electron chi connectivity index (χ2n) is 6.29. The summed E-state index contributed by atoms with van der Waals surface area (Å²) in [7, 11) is 4.52. The average Bonchev–Trinajstić information content (AvgIpc) is 2.68. The van der Waals surface area contributed by atoms with E-state index in [1.165, 1.54) is 38.9 Å². The third kappa shape index (κ3) is 3.21. The van der Waals surface area contributed by atoms with E-state index in [0.717, 1.165) is 24.0 Å². The van der Waals surface area contributed by atoms with Gasteiger partial charge in [0, 0.05) is 31.2 Å². The molecule has 1 N–H and O–H groups in total. The van der Waals surface area contributed by atoms with Crippen molar-refractivity contribution in [1.82, 2.24) is 15.1 Å². The molecule has 2 heterocycles. The molecule has 0 radical (unpaired) electrons. The maximum atomic E-state index is 3.83. The highest BCUT2D eigenvalue weighted by molar-refractivity contribution is 4.88. The molecule has 2 saturated heterocycles. The Hall–Kier alpha value is -0.120. The summed E-state index contributed by atoms with van der Waals surface area (Å²) in [5, 5.41) is 3.83. The second kappa shape index (κ2) is 5.68. The van der Waals surface area contributed by atoms with Crippen LogP contribution in [-0.2, 0) is 0 Å². The number of nitrogens with one attached hydrogen (secondary N) is 1. The summed E-state index contributed by atoms with van der Waals surface area (Å²) in [6.07, 6.45) is 4.05. The van der Waals surface area contributed by atoms with Crippen LogP contribution in [0.15, 0.2) is 0 Å². The molecule has 3 heteroatoms. The maximum absolute atomic E-state index is 3.83.